The van der Waals surface area contributed by atoms with Crippen LogP contribution in [-0.2, 0) is 6.54 Å². The van der Waals surface area contributed by atoms with E-state index in [1.807, 2.05) is 16.9 Å². The SMILES string of the molecule is CC(C)C(N)c1cn(Cc2ccc(Br)s2)nn1. The molecule has 92 valence electrons. The van der Waals surface area contributed by atoms with Crippen molar-refractivity contribution in [1.82, 2.24) is 15.0 Å². The largest absolute Gasteiger partial charge is 0.322 e. The molecule has 0 aliphatic rings. The summed E-state index contributed by atoms with van der Waals surface area (Å²) < 4.78 is 2.96. The zero-order valence-electron chi connectivity index (χ0n) is 9.80. The molecule has 0 fully saturated rings. The predicted octanol–water partition coefficient (Wildman–Crippen LogP) is 2.81. The van der Waals surface area contributed by atoms with Crippen LogP contribution in [0.5, 0.6) is 0 Å². The van der Waals surface area contributed by atoms with Crippen LogP contribution in [0.4, 0.5) is 0 Å². The highest BCUT2D eigenvalue weighted by molar-refractivity contribution is 9.11. The Morgan fingerprint density at radius 1 is 1.47 bits per heavy atom. The van der Waals surface area contributed by atoms with Crippen LogP contribution in [-0.4, -0.2) is 15.0 Å². The average Bonchev–Trinajstić information content (AvgIpc) is 2.87. The van der Waals surface area contributed by atoms with Gasteiger partial charge in [-0.05, 0) is 34.0 Å². The lowest BCUT2D eigenvalue weighted by Gasteiger charge is -2.11. The maximum Gasteiger partial charge on any atom is 0.0996 e. The molecule has 0 radical (unpaired) electrons. The molecule has 2 aromatic heterocycles. The van der Waals surface area contributed by atoms with Gasteiger partial charge in [-0.1, -0.05) is 19.1 Å². The molecule has 4 nitrogen and oxygen atoms in total. The van der Waals surface area contributed by atoms with Crippen molar-refractivity contribution in [2.75, 3.05) is 0 Å². The van der Waals surface area contributed by atoms with Gasteiger partial charge in [0.2, 0.25) is 0 Å². The van der Waals surface area contributed by atoms with Crippen molar-refractivity contribution in [3.8, 4) is 0 Å². The minimum absolute atomic E-state index is 0.0428. The van der Waals surface area contributed by atoms with E-state index in [9.17, 15) is 0 Å². The van der Waals surface area contributed by atoms with E-state index in [2.05, 4.69) is 46.2 Å². The van der Waals surface area contributed by atoms with Crippen LogP contribution < -0.4 is 5.73 Å². The minimum atomic E-state index is -0.0428. The van der Waals surface area contributed by atoms with Crippen LogP contribution in [0.3, 0.4) is 0 Å². The highest BCUT2D eigenvalue weighted by Gasteiger charge is 2.14. The first-order chi connectivity index (χ1) is 8.06. The molecule has 0 aliphatic carbocycles. The van der Waals surface area contributed by atoms with Gasteiger partial charge in [-0.25, -0.2) is 4.68 Å². The van der Waals surface area contributed by atoms with E-state index in [1.54, 1.807) is 11.3 Å². The molecular weight excluding hydrogens is 300 g/mol. The first-order valence-electron chi connectivity index (χ1n) is 5.46. The minimum Gasteiger partial charge on any atom is -0.322 e. The summed E-state index contributed by atoms with van der Waals surface area (Å²) in [6.07, 6.45) is 1.93. The van der Waals surface area contributed by atoms with Crippen molar-refractivity contribution in [2.24, 2.45) is 11.7 Å². The number of rotatable bonds is 4. The molecule has 2 N–H and O–H groups in total. The van der Waals surface area contributed by atoms with Gasteiger partial charge in [-0.3, -0.25) is 0 Å². The number of halogens is 1. The second kappa shape index (κ2) is 5.29. The van der Waals surface area contributed by atoms with E-state index in [0.29, 0.717) is 5.92 Å². The Bertz CT molecular complexity index is 491. The summed E-state index contributed by atoms with van der Waals surface area (Å²) >= 11 is 5.15. The first-order valence-corrected chi connectivity index (χ1v) is 7.07. The summed E-state index contributed by atoms with van der Waals surface area (Å²) in [6.45, 7) is 4.91. The third-order valence-electron chi connectivity index (χ3n) is 2.56. The second-order valence-corrected chi connectivity index (χ2v) is 6.86. The van der Waals surface area contributed by atoms with Gasteiger partial charge in [0.15, 0.2) is 0 Å². The molecule has 2 rings (SSSR count). The number of nitrogens with zero attached hydrogens (tertiary/aromatic N) is 3. The van der Waals surface area contributed by atoms with Gasteiger partial charge in [-0.15, -0.1) is 16.4 Å². The average molecular weight is 315 g/mol. The summed E-state index contributed by atoms with van der Waals surface area (Å²) in [5.41, 5.74) is 6.88. The molecule has 0 spiro atoms. The molecule has 0 amide bonds. The Morgan fingerprint density at radius 2 is 2.24 bits per heavy atom. The molecule has 6 heteroatoms. The van der Waals surface area contributed by atoms with Crippen LogP contribution in [0.15, 0.2) is 22.1 Å². The monoisotopic (exact) mass is 314 g/mol. The smallest absolute Gasteiger partial charge is 0.0996 e. The van der Waals surface area contributed by atoms with Crippen molar-refractivity contribution >= 4 is 27.3 Å². The second-order valence-electron chi connectivity index (χ2n) is 4.32. The van der Waals surface area contributed by atoms with Crippen molar-refractivity contribution in [1.29, 1.82) is 0 Å². The van der Waals surface area contributed by atoms with E-state index in [4.69, 9.17) is 5.73 Å². The lowest BCUT2D eigenvalue weighted by molar-refractivity contribution is 0.502. The summed E-state index contributed by atoms with van der Waals surface area (Å²) in [7, 11) is 0. The number of nitrogens with two attached hydrogens (primary N) is 1. The molecule has 0 aliphatic heterocycles. The van der Waals surface area contributed by atoms with Crippen molar-refractivity contribution in [3.05, 3.63) is 32.7 Å². The standard InChI is InChI=1S/C11H15BrN4S/c1-7(2)11(13)9-6-16(15-14-9)5-8-3-4-10(12)17-8/h3-4,6-7,11H,5,13H2,1-2H3. The molecular formula is C11H15BrN4S. The van der Waals surface area contributed by atoms with Crippen LogP contribution in [0.2, 0.25) is 0 Å². The van der Waals surface area contributed by atoms with E-state index in [0.717, 1.165) is 16.0 Å². The van der Waals surface area contributed by atoms with E-state index < -0.39 is 0 Å². The quantitative estimate of drug-likeness (QED) is 0.944. The highest BCUT2D eigenvalue weighted by atomic mass is 79.9. The highest BCUT2D eigenvalue weighted by Crippen LogP contribution is 2.23. The van der Waals surface area contributed by atoms with Crippen molar-refractivity contribution in [3.63, 3.8) is 0 Å². The predicted molar refractivity (Wildman–Crippen MR) is 72.9 cm³/mol. The third kappa shape index (κ3) is 3.14. The first kappa shape index (κ1) is 12.7. The maximum atomic E-state index is 6.03. The maximum absolute atomic E-state index is 6.03. The summed E-state index contributed by atoms with van der Waals surface area (Å²) in [5.74, 6) is 0.371. The molecule has 1 unspecified atom stereocenters. The Balaban J connectivity index is 2.08. The Hall–Kier alpha value is -0.720. The fraction of sp³-hybridized carbons (Fsp3) is 0.455. The molecule has 0 saturated heterocycles. The summed E-state index contributed by atoms with van der Waals surface area (Å²) in [4.78, 5) is 1.24. The fourth-order valence-corrected chi connectivity index (χ4v) is 2.96. The molecule has 0 bridgehead atoms. The lowest BCUT2D eigenvalue weighted by atomic mass is 10.0. The molecule has 0 saturated carbocycles. The van der Waals surface area contributed by atoms with Gasteiger partial charge in [0, 0.05) is 4.88 Å². The lowest BCUT2D eigenvalue weighted by Crippen LogP contribution is -2.17. The van der Waals surface area contributed by atoms with Gasteiger partial charge in [0.25, 0.3) is 0 Å². The molecule has 2 aromatic rings. The topological polar surface area (TPSA) is 56.7 Å². The van der Waals surface area contributed by atoms with Crippen molar-refractivity contribution in [2.45, 2.75) is 26.4 Å². The number of hydrogen-bond donors (Lipinski definition) is 1. The molecule has 2 heterocycles. The van der Waals surface area contributed by atoms with Gasteiger partial charge in [-0.2, -0.15) is 0 Å². The van der Waals surface area contributed by atoms with E-state index in [1.165, 1.54) is 4.88 Å². The number of hydrogen-bond acceptors (Lipinski definition) is 4. The van der Waals surface area contributed by atoms with E-state index in [-0.39, 0.29) is 6.04 Å². The van der Waals surface area contributed by atoms with Crippen LogP contribution in [0.25, 0.3) is 0 Å². The van der Waals surface area contributed by atoms with Gasteiger partial charge >= 0.3 is 0 Å². The molecule has 0 aromatic carbocycles. The summed E-state index contributed by atoms with van der Waals surface area (Å²) in [5, 5.41) is 8.22. The number of aromatic nitrogens is 3. The van der Waals surface area contributed by atoms with Gasteiger partial charge in [0.1, 0.15) is 0 Å². The Kier molecular flexibility index (Phi) is 3.96. The normalized spacial score (nSPS) is 13.2. The zero-order valence-corrected chi connectivity index (χ0v) is 12.2. The van der Waals surface area contributed by atoms with Crippen molar-refractivity contribution < 1.29 is 0 Å². The van der Waals surface area contributed by atoms with Crippen LogP contribution >= 0.6 is 27.3 Å². The van der Waals surface area contributed by atoms with E-state index >= 15 is 0 Å². The zero-order chi connectivity index (χ0) is 12.4. The fourth-order valence-electron chi connectivity index (χ4n) is 1.48. The third-order valence-corrected chi connectivity index (χ3v) is 4.17. The Morgan fingerprint density at radius 3 is 2.82 bits per heavy atom. The molecule has 17 heavy (non-hydrogen) atoms. The molecule has 1 atom stereocenters. The van der Waals surface area contributed by atoms with Gasteiger partial charge in [0.05, 0.1) is 28.3 Å². The Labute approximate surface area is 113 Å². The number of thiophene rings is 1. The van der Waals surface area contributed by atoms with Crippen LogP contribution in [0, 0.1) is 5.92 Å². The van der Waals surface area contributed by atoms with Gasteiger partial charge < -0.3 is 5.73 Å². The summed E-state index contributed by atoms with van der Waals surface area (Å²) in [6, 6.07) is 4.08. The van der Waals surface area contributed by atoms with Crippen LogP contribution in [0.1, 0.15) is 30.5 Å².